The van der Waals surface area contributed by atoms with Gasteiger partial charge in [-0.3, -0.25) is 9.59 Å². The molecule has 12 nitrogen and oxygen atoms in total. The van der Waals surface area contributed by atoms with Crippen molar-refractivity contribution in [1.82, 2.24) is 0 Å². The molecule has 2 heterocycles. The predicted octanol–water partition coefficient (Wildman–Crippen LogP) is 1.91. The molecule has 3 N–H and O–H groups in total. The number of rotatable bonds is 5. The van der Waals surface area contributed by atoms with Crippen molar-refractivity contribution in [1.29, 1.82) is 0 Å². The first-order chi connectivity index (χ1) is 22.9. The van der Waals surface area contributed by atoms with E-state index in [1.165, 1.54) is 13.8 Å². The summed E-state index contributed by atoms with van der Waals surface area (Å²) in [6, 6.07) is 0. The van der Waals surface area contributed by atoms with Crippen LogP contribution in [0.15, 0.2) is 45.1 Å². The number of ketones is 1. The van der Waals surface area contributed by atoms with Crippen LogP contribution in [0.25, 0.3) is 0 Å². The van der Waals surface area contributed by atoms with E-state index in [9.17, 15) is 39.3 Å². The van der Waals surface area contributed by atoms with E-state index < -0.39 is 81.5 Å². The number of hydrogen-bond acceptors (Lipinski definition) is 12. The Bertz CT molecular complexity index is 1900. The molecule has 0 amide bonds. The van der Waals surface area contributed by atoms with Gasteiger partial charge in [-0.05, 0) is 93.6 Å². The number of allylic oxidation sites excluding steroid dienone is 1. The SMILES string of the molecule is C/C=C(\C)C(=O)OC[C@@]1(O)[C@H]2CC3=C(COC(C)=O)C(=O)O[C@@]34C3=C5[C@@](C)(C(=O)[C@@]6(O)OC(=O)C(C)=C36)[C@@H]3C[C@@H]3[C@@]5(O)C[C@H]4[C@@]2(C)[C@@H]2C[C@@H]21. The number of carbonyl (C=O) groups is 5. The van der Waals surface area contributed by atoms with Gasteiger partial charge in [-0.2, -0.15) is 0 Å². The van der Waals surface area contributed by atoms with E-state index >= 15 is 0 Å². The molecular weight excluding hydrogens is 636 g/mol. The monoisotopic (exact) mass is 676 g/mol. The fourth-order valence-corrected chi connectivity index (χ4v) is 12.4. The summed E-state index contributed by atoms with van der Waals surface area (Å²) in [6.07, 6.45) is 2.94. The van der Waals surface area contributed by atoms with Gasteiger partial charge in [0.2, 0.25) is 5.78 Å². The van der Waals surface area contributed by atoms with Crippen LogP contribution < -0.4 is 0 Å². The quantitative estimate of drug-likeness (QED) is 0.219. The van der Waals surface area contributed by atoms with Crippen LogP contribution in [0.5, 0.6) is 0 Å². The summed E-state index contributed by atoms with van der Waals surface area (Å²) in [4.78, 5) is 66.7. The van der Waals surface area contributed by atoms with Crippen LogP contribution in [0, 0.1) is 46.3 Å². The maximum Gasteiger partial charge on any atom is 0.338 e. The lowest BCUT2D eigenvalue weighted by molar-refractivity contribution is -0.202. The molecule has 12 heteroatoms. The maximum absolute atomic E-state index is 14.4. The summed E-state index contributed by atoms with van der Waals surface area (Å²) in [5.74, 6) is -8.49. The highest BCUT2D eigenvalue weighted by atomic mass is 16.7. The molecule has 0 bridgehead atoms. The van der Waals surface area contributed by atoms with E-state index in [1.54, 1.807) is 26.8 Å². The van der Waals surface area contributed by atoms with Gasteiger partial charge >= 0.3 is 23.9 Å². The summed E-state index contributed by atoms with van der Waals surface area (Å²) in [7, 11) is 0. The molecular formula is C37H40O12. The zero-order chi connectivity index (χ0) is 35.2. The van der Waals surface area contributed by atoms with Crippen LogP contribution in [-0.4, -0.2) is 80.8 Å². The molecule has 0 saturated heterocycles. The first-order valence-corrected chi connectivity index (χ1v) is 17.2. The van der Waals surface area contributed by atoms with Crippen LogP contribution in [0.3, 0.4) is 0 Å². The van der Waals surface area contributed by atoms with Gasteiger partial charge in [0, 0.05) is 41.1 Å². The number of carbonyl (C=O) groups excluding carboxylic acids is 5. The van der Waals surface area contributed by atoms with Crippen molar-refractivity contribution in [3.05, 3.63) is 45.1 Å². The smallest absolute Gasteiger partial charge is 0.338 e. The van der Waals surface area contributed by atoms with Gasteiger partial charge in [0.25, 0.3) is 5.79 Å². The van der Waals surface area contributed by atoms with Gasteiger partial charge in [-0.25, -0.2) is 14.4 Å². The van der Waals surface area contributed by atoms with E-state index in [0.29, 0.717) is 29.6 Å². The minimum atomic E-state index is -2.66. The Kier molecular flexibility index (Phi) is 5.64. The second-order valence-electron chi connectivity index (χ2n) is 16.4. The molecule has 9 aliphatic rings. The lowest BCUT2D eigenvalue weighted by Crippen LogP contribution is -2.68. The molecule has 7 aliphatic carbocycles. The summed E-state index contributed by atoms with van der Waals surface area (Å²) in [5, 5.41) is 37.7. The highest BCUT2D eigenvalue weighted by Gasteiger charge is 2.87. The minimum absolute atomic E-state index is 0.0204. The van der Waals surface area contributed by atoms with Crippen molar-refractivity contribution in [2.75, 3.05) is 13.2 Å². The molecule has 5 saturated carbocycles. The van der Waals surface area contributed by atoms with E-state index in [2.05, 4.69) is 0 Å². The number of esters is 4. The molecule has 0 unspecified atom stereocenters. The third-order valence-corrected chi connectivity index (χ3v) is 14.7. The fourth-order valence-electron chi connectivity index (χ4n) is 12.4. The summed E-state index contributed by atoms with van der Waals surface area (Å²) < 4.78 is 23.2. The van der Waals surface area contributed by atoms with E-state index in [4.69, 9.17) is 18.9 Å². The molecule has 0 aromatic carbocycles. The Morgan fingerprint density at radius 3 is 2.29 bits per heavy atom. The fraction of sp³-hybridized carbons (Fsp3) is 0.649. The lowest BCUT2D eigenvalue weighted by atomic mass is 9.42. The molecule has 49 heavy (non-hydrogen) atoms. The third kappa shape index (κ3) is 3.18. The number of hydrogen-bond donors (Lipinski definition) is 3. The summed E-state index contributed by atoms with van der Waals surface area (Å²) in [6.45, 7) is 9.04. The molecule has 0 aromatic heterocycles. The van der Waals surface area contributed by atoms with Crippen molar-refractivity contribution < 1.29 is 58.2 Å². The minimum Gasteiger partial charge on any atom is -0.461 e. The van der Waals surface area contributed by atoms with Gasteiger partial charge < -0.3 is 34.3 Å². The Morgan fingerprint density at radius 2 is 1.61 bits per heavy atom. The highest BCUT2D eigenvalue weighted by Crippen LogP contribution is 2.84. The molecule has 0 radical (unpaired) electrons. The molecule has 1 spiro atoms. The van der Waals surface area contributed by atoms with Crippen molar-refractivity contribution >= 4 is 29.7 Å². The topological polar surface area (TPSA) is 183 Å². The Balaban J connectivity index is 1.31. The van der Waals surface area contributed by atoms with Crippen LogP contribution in [0.2, 0.25) is 0 Å². The normalized spacial score (nSPS) is 49.3. The Morgan fingerprint density at radius 1 is 0.918 bits per heavy atom. The Labute approximate surface area is 282 Å². The number of aliphatic hydroxyl groups is 3. The van der Waals surface area contributed by atoms with Gasteiger partial charge in [0.05, 0.1) is 16.6 Å². The molecule has 9 rings (SSSR count). The third-order valence-electron chi connectivity index (χ3n) is 14.7. The zero-order valence-electron chi connectivity index (χ0n) is 28.3. The summed E-state index contributed by atoms with van der Waals surface area (Å²) >= 11 is 0. The van der Waals surface area contributed by atoms with Gasteiger partial charge in [-0.15, -0.1) is 0 Å². The standard InChI is InChI=1S/C37H40O12/c1-7-14(2)28(39)47-13-35(44)22-8-19(22)32(5)23(35)10-18-17(12-46-16(4)38)30(41)48-36(18)24(32)11-34(43)21-9-20(21)33(6)27(34)26(36)25-15(3)29(40)49-37(25,45)31(33)42/h7,19-24,43-45H,8-13H2,1-6H3/b14-7+/t19-,20-,21+,22+,23+,24+,32+,33+,34+,35+,36+,37+/m1/s1. The molecule has 5 fully saturated rings. The predicted molar refractivity (Wildman–Crippen MR) is 164 cm³/mol. The summed E-state index contributed by atoms with van der Waals surface area (Å²) in [5.41, 5.74) is -5.58. The van der Waals surface area contributed by atoms with E-state index in [-0.39, 0.29) is 65.4 Å². The van der Waals surface area contributed by atoms with Crippen LogP contribution in [-0.2, 0) is 42.9 Å². The Hall–Kier alpha value is -3.61. The average molecular weight is 677 g/mol. The lowest BCUT2D eigenvalue weighted by Gasteiger charge is -2.63. The average Bonchev–Trinajstić information content (AvgIpc) is 3.95. The maximum atomic E-state index is 14.4. The molecule has 12 atom stereocenters. The van der Waals surface area contributed by atoms with Crippen LogP contribution >= 0.6 is 0 Å². The van der Waals surface area contributed by atoms with Crippen molar-refractivity contribution in [2.24, 2.45) is 46.3 Å². The van der Waals surface area contributed by atoms with E-state index in [1.807, 2.05) is 6.92 Å². The second-order valence-corrected chi connectivity index (χ2v) is 16.4. The van der Waals surface area contributed by atoms with Gasteiger partial charge in [0.15, 0.2) is 5.60 Å². The highest BCUT2D eigenvalue weighted by molar-refractivity contribution is 6.10. The van der Waals surface area contributed by atoms with Crippen LogP contribution in [0.4, 0.5) is 0 Å². The number of fused-ring (bicyclic) bond motifs is 9. The van der Waals surface area contributed by atoms with Crippen molar-refractivity contribution in [2.45, 2.75) is 89.8 Å². The van der Waals surface area contributed by atoms with Crippen molar-refractivity contribution in [3.63, 3.8) is 0 Å². The number of Topliss-reactive ketones (excluding diaryl/α,β-unsaturated/α-hetero) is 1. The van der Waals surface area contributed by atoms with Gasteiger partial charge in [0.1, 0.15) is 18.8 Å². The van der Waals surface area contributed by atoms with Crippen LogP contribution in [0.1, 0.15) is 67.2 Å². The molecule has 260 valence electrons. The first-order valence-electron chi connectivity index (χ1n) is 17.2. The van der Waals surface area contributed by atoms with E-state index in [0.717, 1.165) is 0 Å². The largest absolute Gasteiger partial charge is 0.461 e. The first kappa shape index (κ1) is 31.4. The number of ether oxygens (including phenoxy) is 4. The molecule has 0 aromatic rings. The second kappa shape index (κ2) is 8.81. The zero-order valence-corrected chi connectivity index (χ0v) is 28.3. The van der Waals surface area contributed by atoms with Crippen molar-refractivity contribution in [3.8, 4) is 0 Å². The van der Waals surface area contributed by atoms with Gasteiger partial charge in [-0.1, -0.05) is 13.0 Å². The molecule has 2 aliphatic heterocycles.